The number of hydrogen-bond donors (Lipinski definition) is 3. The average molecular weight is 413 g/mol. The second-order valence-corrected chi connectivity index (χ2v) is 8.78. The summed E-state index contributed by atoms with van der Waals surface area (Å²) in [4.78, 5) is 20.7. The Morgan fingerprint density at radius 1 is 0.897 bits per heavy atom. The van der Waals surface area contributed by atoms with Crippen LogP contribution in [0.5, 0.6) is 0 Å². The van der Waals surface area contributed by atoms with E-state index in [0.29, 0.717) is 10.9 Å². The van der Waals surface area contributed by atoms with Gasteiger partial charge < -0.3 is 15.9 Å². The Morgan fingerprint density at radius 3 is 2.10 bits per heavy atom. The smallest absolute Gasteiger partial charge is 0.340 e. The Kier molecular flexibility index (Phi) is 5.41. The number of carbonyl (C=O) groups is 2. The van der Waals surface area contributed by atoms with Crippen LogP contribution in [0.1, 0.15) is 5.56 Å². The summed E-state index contributed by atoms with van der Waals surface area (Å²) in [6.07, 6.45) is -0.358. The summed E-state index contributed by atoms with van der Waals surface area (Å²) >= 11 is 0. The molecule has 3 aromatic rings. The SMILES string of the molecule is N[C@](C(=O)O)(C(Cc1ccccc1)C(=O)O)S(=O)(=O)c1cccc2ccccc12. The van der Waals surface area contributed by atoms with Gasteiger partial charge in [0, 0.05) is 5.39 Å². The lowest BCUT2D eigenvalue weighted by molar-refractivity contribution is -0.151. The number of hydrogen-bond acceptors (Lipinski definition) is 5. The Bertz CT molecular complexity index is 1170. The summed E-state index contributed by atoms with van der Waals surface area (Å²) < 4.78 is 27.0. The van der Waals surface area contributed by atoms with Crippen LogP contribution in [0.2, 0.25) is 0 Å². The minimum absolute atomic E-state index is 0.273. The van der Waals surface area contributed by atoms with E-state index in [1.165, 1.54) is 18.2 Å². The largest absolute Gasteiger partial charge is 0.481 e. The van der Waals surface area contributed by atoms with Crippen LogP contribution in [0.15, 0.2) is 77.7 Å². The zero-order chi connectivity index (χ0) is 21.2. The first-order valence-corrected chi connectivity index (χ1v) is 10.2. The molecule has 0 bridgehead atoms. The van der Waals surface area contributed by atoms with Gasteiger partial charge in [-0.3, -0.25) is 4.79 Å². The highest BCUT2D eigenvalue weighted by Crippen LogP contribution is 2.35. The van der Waals surface area contributed by atoms with Crippen LogP contribution in [0.3, 0.4) is 0 Å². The van der Waals surface area contributed by atoms with Crippen molar-refractivity contribution >= 4 is 32.5 Å². The van der Waals surface area contributed by atoms with Crippen LogP contribution >= 0.6 is 0 Å². The number of carboxylic acid groups (broad SMARTS) is 2. The van der Waals surface area contributed by atoms with Crippen molar-refractivity contribution in [3.63, 3.8) is 0 Å². The van der Waals surface area contributed by atoms with Crippen LogP contribution < -0.4 is 5.73 Å². The van der Waals surface area contributed by atoms with Gasteiger partial charge in [0.1, 0.15) is 5.92 Å². The van der Waals surface area contributed by atoms with Crippen LogP contribution in [-0.2, 0) is 25.8 Å². The van der Waals surface area contributed by atoms with Gasteiger partial charge in [0.25, 0.3) is 0 Å². The molecule has 0 spiro atoms. The molecule has 150 valence electrons. The second-order valence-electron chi connectivity index (χ2n) is 6.66. The molecule has 7 nitrogen and oxygen atoms in total. The van der Waals surface area contributed by atoms with E-state index in [1.54, 1.807) is 54.6 Å². The fraction of sp³-hybridized carbons (Fsp3) is 0.143. The third-order valence-electron chi connectivity index (χ3n) is 4.92. The van der Waals surface area contributed by atoms with E-state index >= 15 is 0 Å². The summed E-state index contributed by atoms with van der Waals surface area (Å²) in [7, 11) is -4.79. The molecule has 0 saturated heterocycles. The summed E-state index contributed by atoms with van der Waals surface area (Å²) in [5, 5.41) is 20.4. The minimum atomic E-state index is -4.79. The number of benzene rings is 3. The molecule has 2 atom stereocenters. The first-order valence-electron chi connectivity index (χ1n) is 8.71. The molecule has 0 aliphatic carbocycles. The predicted octanol–water partition coefficient (Wildman–Crippen LogP) is 2.30. The van der Waals surface area contributed by atoms with E-state index in [2.05, 4.69) is 0 Å². The molecule has 3 aromatic carbocycles. The van der Waals surface area contributed by atoms with Crippen molar-refractivity contribution in [1.82, 2.24) is 0 Å². The van der Waals surface area contributed by atoms with E-state index in [0.717, 1.165) is 0 Å². The molecule has 1 unspecified atom stereocenters. The maximum atomic E-state index is 13.5. The molecular weight excluding hydrogens is 394 g/mol. The van der Waals surface area contributed by atoms with Crippen molar-refractivity contribution in [1.29, 1.82) is 0 Å². The first kappa shape index (κ1) is 20.5. The number of nitrogens with two attached hydrogens (primary N) is 1. The van der Waals surface area contributed by atoms with Gasteiger partial charge >= 0.3 is 11.9 Å². The fourth-order valence-corrected chi connectivity index (χ4v) is 5.22. The summed E-state index contributed by atoms with van der Waals surface area (Å²) in [6.45, 7) is 0. The van der Waals surface area contributed by atoms with Gasteiger partial charge in [0.15, 0.2) is 0 Å². The predicted molar refractivity (Wildman–Crippen MR) is 107 cm³/mol. The van der Waals surface area contributed by atoms with E-state index < -0.39 is 32.6 Å². The number of rotatable bonds is 7. The molecule has 8 heteroatoms. The van der Waals surface area contributed by atoms with Gasteiger partial charge in [-0.25, -0.2) is 13.2 Å². The average Bonchev–Trinajstić information content (AvgIpc) is 2.71. The highest BCUT2D eigenvalue weighted by atomic mass is 32.2. The van der Waals surface area contributed by atoms with E-state index in [-0.39, 0.29) is 16.7 Å². The van der Waals surface area contributed by atoms with Gasteiger partial charge in [-0.2, -0.15) is 0 Å². The van der Waals surface area contributed by atoms with Gasteiger partial charge in [0.05, 0.1) is 4.90 Å². The zero-order valence-electron chi connectivity index (χ0n) is 15.2. The first-order chi connectivity index (χ1) is 13.7. The topological polar surface area (TPSA) is 135 Å². The standard InChI is InChI=1S/C21H19NO6S/c22-21(20(25)26,17(19(23)24)13-14-7-2-1-3-8-14)29(27,28)18-12-6-10-15-9-4-5-11-16(15)18/h1-12,17H,13,22H2,(H,23,24)(H,25,26)/t17?,21-/m1/s1. The van der Waals surface area contributed by atoms with Crippen molar-refractivity contribution in [2.24, 2.45) is 11.7 Å². The number of aliphatic carboxylic acids is 2. The Labute approximate surface area is 167 Å². The molecule has 0 aromatic heterocycles. The lowest BCUT2D eigenvalue weighted by Crippen LogP contribution is -2.62. The lowest BCUT2D eigenvalue weighted by Gasteiger charge is -2.31. The van der Waals surface area contributed by atoms with Crippen LogP contribution in [-0.4, -0.2) is 35.4 Å². The van der Waals surface area contributed by atoms with E-state index in [1.807, 2.05) is 0 Å². The molecule has 0 aliphatic heterocycles. The van der Waals surface area contributed by atoms with Gasteiger partial charge in [-0.15, -0.1) is 0 Å². The van der Waals surface area contributed by atoms with Crippen LogP contribution in [0, 0.1) is 5.92 Å². The molecule has 0 radical (unpaired) electrons. The van der Waals surface area contributed by atoms with Crippen molar-refractivity contribution in [3.8, 4) is 0 Å². The van der Waals surface area contributed by atoms with Crippen molar-refractivity contribution in [3.05, 3.63) is 78.4 Å². The molecule has 4 N–H and O–H groups in total. The molecule has 29 heavy (non-hydrogen) atoms. The fourth-order valence-electron chi connectivity index (χ4n) is 3.34. The van der Waals surface area contributed by atoms with Crippen molar-refractivity contribution in [2.75, 3.05) is 0 Å². The number of carboxylic acids is 2. The van der Waals surface area contributed by atoms with Gasteiger partial charge in [-0.1, -0.05) is 66.7 Å². The molecule has 0 heterocycles. The highest BCUT2D eigenvalue weighted by molar-refractivity contribution is 7.93. The van der Waals surface area contributed by atoms with Crippen molar-refractivity contribution in [2.45, 2.75) is 16.2 Å². The maximum absolute atomic E-state index is 13.5. The normalized spacial score (nSPS) is 14.8. The van der Waals surface area contributed by atoms with Crippen LogP contribution in [0.25, 0.3) is 10.8 Å². The third-order valence-corrected chi connectivity index (χ3v) is 7.20. The Hall–Kier alpha value is -3.23. The summed E-state index contributed by atoms with van der Waals surface area (Å²) in [5.74, 6) is -5.44. The Morgan fingerprint density at radius 2 is 1.48 bits per heavy atom. The molecular formula is C21H19NO6S. The maximum Gasteiger partial charge on any atom is 0.340 e. The van der Waals surface area contributed by atoms with E-state index in [9.17, 15) is 28.2 Å². The van der Waals surface area contributed by atoms with Crippen molar-refractivity contribution < 1.29 is 28.2 Å². The quantitative estimate of drug-likeness (QED) is 0.541. The minimum Gasteiger partial charge on any atom is -0.481 e. The lowest BCUT2D eigenvalue weighted by atomic mass is 9.92. The second kappa shape index (κ2) is 7.65. The van der Waals surface area contributed by atoms with Gasteiger partial charge in [0.2, 0.25) is 14.7 Å². The third kappa shape index (κ3) is 3.48. The molecule has 0 aliphatic rings. The molecule has 0 fully saturated rings. The summed E-state index contributed by atoms with van der Waals surface area (Å²) in [5.41, 5.74) is 6.43. The van der Waals surface area contributed by atoms with E-state index in [4.69, 9.17) is 5.73 Å². The summed E-state index contributed by atoms with van der Waals surface area (Å²) in [6, 6.07) is 19.1. The zero-order valence-corrected chi connectivity index (χ0v) is 16.0. The number of sulfone groups is 1. The number of fused-ring (bicyclic) bond motifs is 1. The highest BCUT2D eigenvalue weighted by Gasteiger charge is 2.57. The molecule has 3 rings (SSSR count). The Balaban J connectivity index is 2.22. The monoisotopic (exact) mass is 413 g/mol. The van der Waals surface area contributed by atoms with Crippen LogP contribution in [0.4, 0.5) is 0 Å². The molecule has 0 saturated carbocycles. The molecule has 0 amide bonds. The van der Waals surface area contributed by atoms with Gasteiger partial charge in [-0.05, 0) is 23.4 Å².